The fourth-order valence-corrected chi connectivity index (χ4v) is 4.16. The zero-order valence-corrected chi connectivity index (χ0v) is 18.4. The number of thioether (sulfide) groups is 1. The minimum atomic E-state index is -0.354. The standard InChI is InChI=1S/C20H20FN5O3S2/c1-26(11-17(27)22-15-7-4-8-16(10-15)29-2)18(28)12-30-20-25-24-19(31-20)23-14-6-3-5-13(21)9-14/h3-10H,11-12H2,1-2H3,(H,22,27)(H,23,24). The zero-order chi connectivity index (χ0) is 22.2. The largest absolute Gasteiger partial charge is 0.497 e. The average molecular weight is 462 g/mol. The van der Waals surface area contributed by atoms with E-state index in [1.807, 2.05) is 0 Å². The van der Waals surface area contributed by atoms with Crippen LogP contribution in [0.5, 0.6) is 5.75 Å². The summed E-state index contributed by atoms with van der Waals surface area (Å²) in [5, 5.41) is 14.2. The number of methoxy groups -OCH3 is 1. The van der Waals surface area contributed by atoms with Crippen LogP contribution in [0, 0.1) is 5.82 Å². The zero-order valence-electron chi connectivity index (χ0n) is 16.8. The number of ether oxygens (including phenoxy) is 1. The molecule has 1 heterocycles. The van der Waals surface area contributed by atoms with Crippen molar-refractivity contribution in [1.82, 2.24) is 15.1 Å². The highest BCUT2D eigenvalue weighted by Gasteiger charge is 2.15. The van der Waals surface area contributed by atoms with Crippen LogP contribution in [-0.2, 0) is 9.59 Å². The third-order valence-corrected chi connectivity index (χ3v) is 5.92. The van der Waals surface area contributed by atoms with Crippen LogP contribution >= 0.6 is 23.1 Å². The van der Waals surface area contributed by atoms with E-state index >= 15 is 0 Å². The maximum atomic E-state index is 13.3. The highest BCUT2D eigenvalue weighted by atomic mass is 32.2. The number of nitrogens with one attached hydrogen (secondary N) is 2. The summed E-state index contributed by atoms with van der Waals surface area (Å²) in [5.74, 6) is -0.153. The lowest BCUT2D eigenvalue weighted by atomic mass is 10.3. The molecule has 1 aromatic heterocycles. The number of carbonyl (C=O) groups is 2. The summed E-state index contributed by atoms with van der Waals surface area (Å²) in [6, 6.07) is 13.0. The summed E-state index contributed by atoms with van der Waals surface area (Å²) in [5.41, 5.74) is 1.15. The van der Waals surface area contributed by atoms with E-state index in [0.29, 0.717) is 26.6 Å². The quantitative estimate of drug-likeness (QED) is 0.470. The number of benzene rings is 2. The molecule has 2 aromatic carbocycles. The SMILES string of the molecule is COc1cccc(NC(=O)CN(C)C(=O)CSc2nnc(Nc3cccc(F)c3)s2)c1. The third-order valence-electron chi connectivity index (χ3n) is 3.96. The Bertz CT molecular complexity index is 1060. The van der Waals surface area contributed by atoms with E-state index in [-0.39, 0.29) is 29.9 Å². The van der Waals surface area contributed by atoms with Crippen LogP contribution in [-0.4, -0.2) is 53.4 Å². The monoisotopic (exact) mass is 461 g/mol. The molecule has 0 aliphatic rings. The lowest BCUT2D eigenvalue weighted by Crippen LogP contribution is -2.35. The molecule has 11 heteroatoms. The lowest BCUT2D eigenvalue weighted by Gasteiger charge is -2.16. The smallest absolute Gasteiger partial charge is 0.243 e. The summed E-state index contributed by atoms with van der Waals surface area (Å²) in [4.78, 5) is 25.9. The Kier molecular flexibility index (Phi) is 7.79. The number of amides is 2. The minimum Gasteiger partial charge on any atom is -0.497 e. The molecular formula is C20H20FN5O3S2. The van der Waals surface area contributed by atoms with Crippen molar-refractivity contribution in [1.29, 1.82) is 0 Å². The van der Waals surface area contributed by atoms with E-state index in [2.05, 4.69) is 20.8 Å². The molecule has 2 amide bonds. The van der Waals surface area contributed by atoms with E-state index in [0.717, 1.165) is 0 Å². The molecule has 2 N–H and O–H groups in total. The van der Waals surface area contributed by atoms with Gasteiger partial charge in [-0.25, -0.2) is 4.39 Å². The molecule has 0 aliphatic carbocycles. The maximum Gasteiger partial charge on any atom is 0.243 e. The lowest BCUT2D eigenvalue weighted by molar-refractivity contribution is -0.131. The van der Waals surface area contributed by atoms with Crippen molar-refractivity contribution in [2.75, 3.05) is 37.1 Å². The van der Waals surface area contributed by atoms with Crippen molar-refractivity contribution in [3.05, 3.63) is 54.3 Å². The van der Waals surface area contributed by atoms with Crippen LogP contribution in [0.2, 0.25) is 0 Å². The van der Waals surface area contributed by atoms with Crippen molar-refractivity contribution in [2.24, 2.45) is 0 Å². The predicted octanol–water partition coefficient (Wildman–Crippen LogP) is 3.62. The number of hydrogen-bond acceptors (Lipinski definition) is 8. The normalized spacial score (nSPS) is 10.4. The molecule has 0 saturated heterocycles. The van der Waals surface area contributed by atoms with E-state index in [1.54, 1.807) is 50.6 Å². The van der Waals surface area contributed by atoms with Gasteiger partial charge in [-0.3, -0.25) is 9.59 Å². The fourth-order valence-electron chi connectivity index (χ4n) is 2.45. The summed E-state index contributed by atoms with van der Waals surface area (Å²) in [7, 11) is 3.11. The van der Waals surface area contributed by atoms with Gasteiger partial charge in [0.1, 0.15) is 11.6 Å². The van der Waals surface area contributed by atoms with Crippen LogP contribution < -0.4 is 15.4 Å². The summed E-state index contributed by atoms with van der Waals surface area (Å²) >= 11 is 2.47. The Hall–Kier alpha value is -3.18. The van der Waals surface area contributed by atoms with Crippen LogP contribution in [0.4, 0.5) is 20.9 Å². The summed E-state index contributed by atoms with van der Waals surface area (Å²) in [6.45, 7) is -0.0842. The van der Waals surface area contributed by atoms with Crippen LogP contribution in [0.25, 0.3) is 0 Å². The molecule has 8 nitrogen and oxygen atoms in total. The van der Waals surface area contributed by atoms with Gasteiger partial charge in [0.2, 0.25) is 16.9 Å². The molecule has 0 atom stereocenters. The molecule has 3 aromatic rings. The molecule has 0 unspecified atom stereocenters. The molecule has 162 valence electrons. The minimum absolute atomic E-state index is 0.0842. The topological polar surface area (TPSA) is 96.5 Å². The third kappa shape index (κ3) is 6.93. The van der Waals surface area contributed by atoms with Crippen LogP contribution in [0.3, 0.4) is 0 Å². The highest BCUT2D eigenvalue weighted by Crippen LogP contribution is 2.28. The Labute approximate surface area is 186 Å². The van der Waals surface area contributed by atoms with Crippen molar-refractivity contribution < 1.29 is 18.7 Å². The van der Waals surface area contributed by atoms with Gasteiger partial charge >= 0.3 is 0 Å². The Morgan fingerprint density at radius 3 is 2.71 bits per heavy atom. The first kappa shape index (κ1) is 22.5. The molecule has 31 heavy (non-hydrogen) atoms. The Morgan fingerprint density at radius 2 is 1.94 bits per heavy atom. The number of halogens is 1. The number of hydrogen-bond donors (Lipinski definition) is 2. The first-order chi connectivity index (χ1) is 14.9. The first-order valence-electron chi connectivity index (χ1n) is 9.09. The Balaban J connectivity index is 1.45. The van der Waals surface area contributed by atoms with Crippen molar-refractivity contribution in [3.8, 4) is 5.75 Å². The molecule has 0 radical (unpaired) electrons. The molecule has 0 saturated carbocycles. The number of rotatable bonds is 9. The van der Waals surface area contributed by atoms with Gasteiger partial charge in [-0.2, -0.15) is 0 Å². The number of nitrogens with zero attached hydrogens (tertiary/aromatic N) is 3. The molecule has 3 rings (SSSR count). The Morgan fingerprint density at radius 1 is 1.16 bits per heavy atom. The van der Waals surface area contributed by atoms with Gasteiger partial charge in [-0.15, -0.1) is 10.2 Å². The van der Waals surface area contributed by atoms with Crippen molar-refractivity contribution in [2.45, 2.75) is 4.34 Å². The second-order valence-corrected chi connectivity index (χ2v) is 8.53. The van der Waals surface area contributed by atoms with Crippen LogP contribution in [0.1, 0.15) is 0 Å². The van der Waals surface area contributed by atoms with Gasteiger partial charge in [-0.1, -0.05) is 35.2 Å². The van der Waals surface area contributed by atoms with Crippen molar-refractivity contribution in [3.63, 3.8) is 0 Å². The van der Waals surface area contributed by atoms with Crippen molar-refractivity contribution >= 4 is 51.4 Å². The van der Waals surface area contributed by atoms with E-state index in [4.69, 9.17) is 4.74 Å². The molecule has 0 spiro atoms. The van der Waals surface area contributed by atoms with Gasteiger partial charge in [0, 0.05) is 24.5 Å². The van der Waals surface area contributed by atoms with E-state index in [1.165, 1.54) is 40.1 Å². The van der Waals surface area contributed by atoms with Gasteiger partial charge < -0.3 is 20.3 Å². The van der Waals surface area contributed by atoms with Gasteiger partial charge in [0.05, 0.1) is 19.4 Å². The second kappa shape index (κ2) is 10.7. The first-order valence-corrected chi connectivity index (χ1v) is 10.9. The molecule has 0 aliphatic heterocycles. The van der Waals surface area contributed by atoms with E-state index in [9.17, 15) is 14.0 Å². The van der Waals surface area contributed by atoms with Gasteiger partial charge in [0.25, 0.3) is 0 Å². The number of aromatic nitrogens is 2. The maximum absolute atomic E-state index is 13.3. The predicted molar refractivity (Wildman–Crippen MR) is 120 cm³/mol. The molecule has 0 fully saturated rings. The molecule has 0 bridgehead atoms. The number of carbonyl (C=O) groups excluding carboxylic acids is 2. The van der Waals surface area contributed by atoms with Gasteiger partial charge in [-0.05, 0) is 30.3 Å². The van der Waals surface area contributed by atoms with Crippen LogP contribution in [0.15, 0.2) is 52.9 Å². The van der Waals surface area contributed by atoms with Gasteiger partial charge in [0.15, 0.2) is 4.34 Å². The second-order valence-electron chi connectivity index (χ2n) is 6.33. The highest BCUT2D eigenvalue weighted by molar-refractivity contribution is 8.01. The number of anilines is 3. The average Bonchev–Trinajstić information content (AvgIpc) is 3.19. The summed E-state index contributed by atoms with van der Waals surface area (Å²) in [6.07, 6.45) is 0. The summed E-state index contributed by atoms with van der Waals surface area (Å²) < 4.78 is 19.0. The molecular weight excluding hydrogens is 441 g/mol. The van der Waals surface area contributed by atoms with E-state index < -0.39 is 0 Å². The number of likely N-dealkylation sites (N-methyl/N-ethyl adjacent to an activating group) is 1. The fraction of sp³-hybridized carbons (Fsp3) is 0.200.